The second-order valence-electron chi connectivity index (χ2n) is 4.02. The van der Waals surface area contributed by atoms with Gasteiger partial charge in [0.1, 0.15) is 6.61 Å². The van der Waals surface area contributed by atoms with Crippen LogP contribution in [0.5, 0.6) is 0 Å². The lowest BCUT2D eigenvalue weighted by Crippen LogP contribution is -2.18. The normalized spacial score (nSPS) is 12.0. The lowest BCUT2D eigenvalue weighted by molar-refractivity contribution is -0.0247. The molecule has 5 nitrogen and oxygen atoms in total. The van der Waals surface area contributed by atoms with Gasteiger partial charge in [-0.25, -0.2) is 0 Å². The van der Waals surface area contributed by atoms with Crippen LogP contribution in [0, 0.1) is 0 Å². The van der Waals surface area contributed by atoms with Gasteiger partial charge in [0.25, 0.3) is 0 Å². The first-order chi connectivity index (χ1) is 6.51. The van der Waals surface area contributed by atoms with Crippen molar-refractivity contribution in [3.05, 3.63) is 11.8 Å². The van der Waals surface area contributed by atoms with Gasteiger partial charge < -0.3 is 14.5 Å². The molecule has 0 unspecified atom stereocenters. The predicted octanol–water partition coefficient (Wildman–Crippen LogP) is 1.10. The molecular formula is C9H17N3O2. The second-order valence-corrected chi connectivity index (χ2v) is 4.02. The van der Waals surface area contributed by atoms with Crippen molar-refractivity contribution in [1.29, 1.82) is 0 Å². The average molecular weight is 199 g/mol. The average Bonchev–Trinajstić information content (AvgIpc) is 2.49. The molecule has 0 spiro atoms. The fourth-order valence-corrected chi connectivity index (χ4v) is 0.848. The summed E-state index contributed by atoms with van der Waals surface area (Å²) in [5.41, 5.74) is -0.183. The summed E-state index contributed by atoms with van der Waals surface area (Å²) in [6.07, 6.45) is 0. The first-order valence-electron chi connectivity index (χ1n) is 4.61. The van der Waals surface area contributed by atoms with Gasteiger partial charge in [-0.05, 0) is 27.8 Å². The third kappa shape index (κ3) is 3.85. The number of hydrogen-bond donors (Lipinski definition) is 1. The Labute approximate surface area is 83.9 Å². The van der Waals surface area contributed by atoms with E-state index in [-0.39, 0.29) is 5.60 Å². The topological polar surface area (TPSA) is 60.2 Å². The van der Waals surface area contributed by atoms with Gasteiger partial charge in [-0.1, -0.05) is 0 Å². The molecule has 0 aliphatic heterocycles. The van der Waals surface area contributed by atoms with Crippen molar-refractivity contribution in [2.45, 2.75) is 39.5 Å². The van der Waals surface area contributed by atoms with E-state index in [1.807, 2.05) is 27.8 Å². The van der Waals surface area contributed by atoms with Gasteiger partial charge in [0.15, 0.2) is 0 Å². The van der Waals surface area contributed by atoms with Crippen molar-refractivity contribution in [1.82, 2.24) is 15.5 Å². The van der Waals surface area contributed by atoms with Gasteiger partial charge in [-0.3, -0.25) is 0 Å². The third-order valence-electron chi connectivity index (χ3n) is 1.47. The van der Waals surface area contributed by atoms with Crippen LogP contribution in [0.25, 0.3) is 0 Å². The maximum atomic E-state index is 5.49. The monoisotopic (exact) mass is 199 g/mol. The number of nitrogens with one attached hydrogen (secondary N) is 1. The predicted molar refractivity (Wildman–Crippen MR) is 51.6 cm³/mol. The zero-order chi connectivity index (χ0) is 10.6. The Balaban J connectivity index is 2.44. The molecule has 1 aromatic heterocycles. The van der Waals surface area contributed by atoms with Crippen molar-refractivity contribution in [2.75, 3.05) is 7.05 Å². The number of ether oxygens (including phenoxy) is 1. The van der Waals surface area contributed by atoms with Gasteiger partial charge >= 0.3 is 0 Å². The van der Waals surface area contributed by atoms with Crippen LogP contribution in [0.15, 0.2) is 4.42 Å². The van der Waals surface area contributed by atoms with Crippen LogP contribution >= 0.6 is 0 Å². The molecular weight excluding hydrogens is 182 g/mol. The first-order valence-corrected chi connectivity index (χ1v) is 4.61. The Morgan fingerprint density at radius 1 is 1.29 bits per heavy atom. The summed E-state index contributed by atoms with van der Waals surface area (Å²) < 4.78 is 10.8. The molecule has 0 atom stereocenters. The molecule has 0 amide bonds. The van der Waals surface area contributed by atoms with Gasteiger partial charge in [0.05, 0.1) is 12.1 Å². The first kappa shape index (κ1) is 11.1. The highest BCUT2D eigenvalue weighted by molar-refractivity contribution is 4.79. The molecule has 0 aliphatic rings. The van der Waals surface area contributed by atoms with Crippen LogP contribution in [-0.4, -0.2) is 22.8 Å². The fraction of sp³-hybridized carbons (Fsp3) is 0.778. The van der Waals surface area contributed by atoms with Gasteiger partial charge in [0, 0.05) is 0 Å². The van der Waals surface area contributed by atoms with E-state index in [0.717, 1.165) is 0 Å². The van der Waals surface area contributed by atoms with Crippen LogP contribution in [0.3, 0.4) is 0 Å². The molecule has 0 aliphatic carbocycles. The highest BCUT2D eigenvalue weighted by Gasteiger charge is 2.13. The van der Waals surface area contributed by atoms with Crippen molar-refractivity contribution in [3.8, 4) is 0 Å². The maximum absolute atomic E-state index is 5.49. The molecule has 1 rings (SSSR count). The minimum Gasteiger partial charge on any atom is -0.421 e. The molecule has 0 fully saturated rings. The summed E-state index contributed by atoms with van der Waals surface area (Å²) in [6, 6.07) is 0. The lowest BCUT2D eigenvalue weighted by Gasteiger charge is -2.17. The second kappa shape index (κ2) is 4.52. The van der Waals surface area contributed by atoms with E-state index in [1.54, 1.807) is 0 Å². The SMILES string of the molecule is CNCc1nnc(COC(C)(C)C)o1. The minimum absolute atomic E-state index is 0.183. The summed E-state index contributed by atoms with van der Waals surface area (Å²) in [5.74, 6) is 1.10. The van der Waals surface area contributed by atoms with Gasteiger partial charge in [-0.15, -0.1) is 10.2 Å². The largest absolute Gasteiger partial charge is 0.421 e. The van der Waals surface area contributed by atoms with E-state index in [1.165, 1.54) is 0 Å². The fourth-order valence-electron chi connectivity index (χ4n) is 0.848. The zero-order valence-corrected chi connectivity index (χ0v) is 9.13. The summed E-state index contributed by atoms with van der Waals surface area (Å²) >= 11 is 0. The molecule has 5 heteroatoms. The highest BCUT2D eigenvalue weighted by Crippen LogP contribution is 2.10. The summed E-state index contributed by atoms with van der Waals surface area (Å²) in [4.78, 5) is 0. The third-order valence-corrected chi connectivity index (χ3v) is 1.47. The van der Waals surface area contributed by atoms with Crippen molar-refractivity contribution < 1.29 is 9.15 Å². The van der Waals surface area contributed by atoms with E-state index in [0.29, 0.717) is 24.9 Å². The quantitative estimate of drug-likeness (QED) is 0.787. The molecule has 1 aromatic rings. The van der Waals surface area contributed by atoms with Gasteiger partial charge in [-0.2, -0.15) is 0 Å². The minimum atomic E-state index is -0.183. The number of aromatic nitrogens is 2. The molecule has 0 radical (unpaired) electrons. The van der Waals surface area contributed by atoms with Crippen LogP contribution in [0.1, 0.15) is 32.6 Å². The van der Waals surface area contributed by atoms with Crippen LogP contribution in [0.4, 0.5) is 0 Å². The van der Waals surface area contributed by atoms with Gasteiger partial charge in [0.2, 0.25) is 11.8 Å². The Hall–Kier alpha value is -0.940. The highest BCUT2D eigenvalue weighted by atomic mass is 16.5. The van der Waals surface area contributed by atoms with Crippen molar-refractivity contribution in [2.24, 2.45) is 0 Å². The van der Waals surface area contributed by atoms with Crippen LogP contribution in [0.2, 0.25) is 0 Å². The van der Waals surface area contributed by atoms with Crippen LogP contribution in [-0.2, 0) is 17.9 Å². The number of nitrogens with zero attached hydrogens (tertiary/aromatic N) is 2. The summed E-state index contributed by atoms with van der Waals surface area (Å²) in [6.45, 7) is 6.90. The smallest absolute Gasteiger partial charge is 0.242 e. The van der Waals surface area contributed by atoms with E-state index in [4.69, 9.17) is 9.15 Å². The molecule has 0 saturated heterocycles. The Bertz CT molecular complexity index is 278. The van der Waals surface area contributed by atoms with E-state index < -0.39 is 0 Å². The molecule has 1 heterocycles. The summed E-state index contributed by atoms with van der Waals surface area (Å²) in [5, 5.41) is 10.6. The zero-order valence-electron chi connectivity index (χ0n) is 9.13. The summed E-state index contributed by atoms with van der Waals surface area (Å²) in [7, 11) is 1.83. The Morgan fingerprint density at radius 2 is 1.93 bits per heavy atom. The van der Waals surface area contributed by atoms with Crippen LogP contribution < -0.4 is 5.32 Å². The number of rotatable bonds is 4. The molecule has 0 bridgehead atoms. The maximum Gasteiger partial charge on any atom is 0.242 e. The molecule has 14 heavy (non-hydrogen) atoms. The Morgan fingerprint density at radius 3 is 2.50 bits per heavy atom. The number of hydrogen-bond acceptors (Lipinski definition) is 5. The molecule has 0 saturated carbocycles. The molecule has 1 N–H and O–H groups in total. The van der Waals surface area contributed by atoms with Crippen molar-refractivity contribution >= 4 is 0 Å². The molecule has 80 valence electrons. The lowest BCUT2D eigenvalue weighted by atomic mass is 10.2. The van der Waals surface area contributed by atoms with E-state index in [9.17, 15) is 0 Å². The standard InChI is InChI=1S/C9H17N3O2/c1-9(2,3)13-6-8-12-11-7(14-8)5-10-4/h10H,5-6H2,1-4H3. The van der Waals surface area contributed by atoms with Crippen molar-refractivity contribution in [3.63, 3.8) is 0 Å². The molecule has 0 aromatic carbocycles. The van der Waals surface area contributed by atoms with E-state index in [2.05, 4.69) is 15.5 Å². The Kier molecular flexibility index (Phi) is 3.60. The van der Waals surface area contributed by atoms with E-state index >= 15 is 0 Å².